The maximum Gasteiger partial charge on any atom is 0.416 e. The molecular formula is C19H15F3N2O2. The van der Waals surface area contributed by atoms with E-state index in [1.165, 1.54) is 6.08 Å². The fourth-order valence-electron chi connectivity index (χ4n) is 2.08. The van der Waals surface area contributed by atoms with Gasteiger partial charge in [0.05, 0.1) is 12.2 Å². The quantitative estimate of drug-likeness (QED) is 0.624. The molecule has 4 nitrogen and oxygen atoms in total. The summed E-state index contributed by atoms with van der Waals surface area (Å²) in [4.78, 5) is 12.2. The third-order valence-electron chi connectivity index (χ3n) is 3.34. The summed E-state index contributed by atoms with van der Waals surface area (Å²) in [6.45, 7) is 2.38. The Labute approximate surface area is 148 Å². The molecule has 0 aromatic heterocycles. The van der Waals surface area contributed by atoms with E-state index < -0.39 is 17.6 Å². The Balaban J connectivity index is 2.12. The van der Waals surface area contributed by atoms with Crippen LogP contribution in [0.15, 0.2) is 54.1 Å². The van der Waals surface area contributed by atoms with Crippen molar-refractivity contribution in [2.24, 2.45) is 0 Å². The Morgan fingerprint density at radius 1 is 1.15 bits per heavy atom. The molecule has 0 aliphatic carbocycles. The SMILES string of the molecule is CCOc1ccc(/C=C(\C#N)C(=O)Nc2ccc(C(F)(F)F)cc2)cc1. The molecule has 7 heteroatoms. The minimum atomic E-state index is -4.45. The molecule has 0 heterocycles. The number of nitrogens with one attached hydrogen (secondary N) is 1. The highest BCUT2D eigenvalue weighted by atomic mass is 19.4. The van der Waals surface area contributed by atoms with Gasteiger partial charge in [0.25, 0.3) is 5.91 Å². The Morgan fingerprint density at radius 2 is 1.77 bits per heavy atom. The van der Waals surface area contributed by atoms with Gasteiger partial charge in [-0.3, -0.25) is 4.79 Å². The molecule has 0 atom stereocenters. The second-order valence-corrected chi connectivity index (χ2v) is 5.20. The number of nitriles is 1. The maximum absolute atomic E-state index is 12.5. The highest BCUT2D eigenvalue weighted by molar-refractivity contribution is 6.09. The van der Waals surface area contributed by atoms with Crippen LogP contribution in [-0.4, -0.2) is 12.5 Å². The number of anilines is 1. The summed E-state index contributed by atoms with van der Waals surface area (Å²) in [5.74, 6) is -0.0430. The summed E-state index contributed by atoms with van der Waals surface area (Å²) >= 11 is 0. The largest absolute Gasteiger partial charge is 0.494 e. The van der Waals surface area contributed by atoms with Gasteiger partial charge < -0.3 is 10.1 Å². The zero-order chi connectivity index (χ0) is 19.2. The summed E-state index contributed by atoms with van der Waals surface area (Å²) in [5, 5.41) is 11.6. The molecule has 26 heavy (non-hydrogen) atoms. The van der Waals surface area contributed by atoms with Gasteiger partial charge in [-0.15, -0.1) is 0 Å². The number of carbonyl (C=O) groups is 1. The van der Waals surface area contributed by atoms with Crippen LogP contribution in [0, 0.1) is 11.3 Å². The molecule has 2 aromatic carbocycles. The molecule has 2 aromatic rings. The van der Waals surface area contributed by atoms with E-state index in [2.05, 4.69) is 5.32 Å². The van der Waals surface area contributed by atoms with Gasteiger partial charge in [-0.05, 0) is 55.0 Å². The van der Waals surface area contributed by atoms with Crippen molar-refractivity contribution >= 4 is 17.7 Å². The van der Waals surface area contributed by atoms with Crippen molar-refractivity contribution in [3.8, 4) is 11.8 Å². The first-order chi connectivity index (χ1) is 12.3. The molecular weight excluding hydrogens is 345 g/mol. The number of hydrogen-bond acceptors (Lipinski definition) is 3. The van der Waals surface area contributed by atoms with Crippen molar-refractivity contribution in [2.45, 2.75) is 13.1 Å². The average Bonchev–Trinajstić information content (AvgIpc) is 2.61. The third-order valence-corrected chi connectivity index (χ3v) is 3.34. The summed E-state index contributed by atoms with van der Waals surface area (Å²) in [5.41, 5.74) is -0.210. The van der Waals surface area contributed by atoms with Crippen LogP contribution in [0.4, 0.5) is 18.9 Å². The van der Waals surface area contributed by atoms with E-state index in [0.29, 0.717) is 17.9 Å². The minimum absolute atomic E-state index is 0.163. The lowest BCUT2D eigenvalue weighted by atomic mass is 10.1. The lowest BCUT2D eigenvalue weighted by Crippen LogP contribution is -2.13. The van der Waals surface area contributed by atoms with Crippen molar-refractivity contribution in [1.29, 1.82) is 5.26 Å². The predicted octanol–water partition coefficient (Wildman–Crippen LogP) is 4.65. The molecule has 0 radical (unpaired) electrons. The van der Waals surface area contributed by atoms with Crippen LogP contribution in [-0.2, 0) is 11.0 Å². The molecule has 0 saturated carbocycles. The number of amides is 1. The van der Waals surface area contributed by atoms with Crippen LogP contribution in [0.2, 0.25) is 0 Å². The van der Waals surface area contributed by atoms with Gasteiger partial charge in [-0.2, -0.15) is 18.4 Å². The number of alkyl halides is 3. The van der Waals surface area contributed by atoms with E-state index in [4.69, 9.17) is 4.74 Å². The predicted molar refractivity (Wildman–Crippen MR) is 91.3 cm³/mol. The maximum atomic E-state index is 12.5. The molecule has 0 spiro atoms. The Hall–Kier alpha value is -3.27. The van der Waals surface area contributed by atoms with Crippen LogP contribution < -0.4 is 10.1 Å². The molecule has 134 valence electrons. The Bertz CT molecular complexity index is 833. The molecule has 0 saturated heterocycles. The second kappa shape index (κ2) is 8.21. The van der Waals surface area contributed by atoms with Gasteiger partial charge in [-0.1, -0.05) is 12.1 Å². The van der Waals surface area contributed by atoms with Gasteiger partial charge in [-0.25, -0.2) is 0 Å². The fraction of sp³-hybridized carbons (Fsp3) is 0.158. The van der Waals surface area contributed by atoms with Gasteiger partial charge in [0.15, 0.2) is 0 Å². The van der Waals surface area contributed by atoms with E-state index in [-0.39, 0.29) is 11.3 Å². The number of rotatable bonds is 5. The number of ether oxygens (including phenoxy) is 1. The number of halogens is 3. The van der Waals surface area contributed by atoms with Crippen LogP contribution in [0.25, 0.3) is 6.08 Å². The normalized spacial score (nSPS) is 11.6. The van der Waals surface area contributed by atoms with E-state index in [1.807, 2.05) is 6.92 Å². The van der Waals surface area contributed by atoms with Crippen LogP contribution in [0.3, 0.4) is 0 Å². The van der Waals surface area contributed by atoms with Crippen molar-refractivity contribution in [3.63, 3.8) is 0 Å². The number of benzene rings is 2. The zero-order valence-electron chi connectivity index (χ0n) is 13.8. The molecule has 1 amide bonds. The standard InChI is InChI=1S/C19H15F3N2O2/c1-2-26-17-9-3-13(4-10-17)11-14(12-23)18(25)24-16-7-5-15(6-8-16)19(20,21)22/h3-11H,2H2,1H3,(H,24,25)/b14-11+. The Morgan fingerprint density at radius 3 is 2.27 bits per heavy atom. The fourth-order valence-corrected chi connectivity index (χ4v) is 2.08. The number of hydrogen-bond donors (Lipinski definition) is 1. The highest BCUT2D eigenvalue weighted by Gasteiger charge is 2.30. The lowest BCUT2D eigenvalue weighted by molar-refractivity contribution is -0.137. The van der Waals surface area contributed by atoms with Crippen molar-refractivity contribution in [1.82, 2.24) is 0 Å². The highest BCUT2D eigenvalue weighted by Crippen LogP contribution is 2.29. The van der Waals surface area contributed by atoms with Crippen molar-refractivity contribution in [2.75, 3.05) is 11.9 Å². The molecule has 1 N–H and O–H groups in total. The summed E-state index contributed by atoms with van der Waals surface area (Å²) in [6.07, 6.45) is -3.07. The number of nitrogens with zero attached hydrogens (tertiary/aromatic N) is 1. The van der Waals surface area contributed by atoms with Crippen LogP contribution in [0.5, 0.6) is 5.75 Å². The molecule has 0 aliphatic rings. The molecule has 0 unspecified atom stereocenters. The van der Waals surface area contributed by atoms with E-state index >= 15 is 0 Å². The van der Waals surface area contributed by atoms with E-state index in [0.717, 1.165) is 24.3 Å². The van der Waals surface area contributed by atoms with Gasteiger partial charge in [0, 0.05) is 5.69 Å². The van der Waals surface area contributed by atoms with E-state index in [9.17, 15) is 23.2 Å². The van der Waals surface area contributed by atoms with Crippen molar-refractivity contribution < 1.29 is 22.7 Å². The topological polar surface area (TPSA) is 62.1 Å². The Kier molecular flexibility index (Phi) is 6.02. The van der Waals surface area contributed by atoms with Gasteiger partial charge in [0.1, 0.15) is 17.4 Å². The van der Waals surface area contributed by atoms with Gasteiger partial charge >= 0.3 is 6.18 Å². The van der Waals surface area contributed by atoms with Crippen LogP contribution >= 0.6 is 0 Å². The molecule has 2 rings (SSSR count). The minimum Gasteiger partial charge on any atom is -0.494 e. The molecule has 0 bridgehead atoms. The average molecular weight is 360 g/mol. The van der Waals surface area contributed by atoms with E-state index in [1.54, 1.807) is 30.3 Å². The summed E-state index contributed by atoms with van der Waals surface area (Å²) < 4.78 is 42.9. The molecule has 0 fully saturated rings. The van der Waals surface area contributed by atoms with Gasteiger partial charge in [0.2, 0.25) is 0 Å². The third kappa shape index (κ3) is 5.11. The second-order valence-electron chi connectivity index (χ2n) is 5.20. The van der Waals surface area contributed by atoms with Crippen molar-refractivity contribution in [3.05, 3.63) is 65.2 Å². The first-order valence-corrected chi connectivity index (χ1v) is 7.66. The lowest BCUT2D eigenvalue weighted by Gasteiger charge is -2.08. The first kappa shape index (κ1) is 19.1. The molecule has 0 aliphatic heterocycles. The van der Waals surface area contributed by atoms with Crippen LogP contribution in [0.1, 0.15) is 18.1 Å². The smallest absolute Gasteiger partial charge is 0.416 e. The number of carbonyl (C=O) groups excluding carboxylic acids is 1. The summed E-state index contributed by atoms with van der Waals surface area (Å²) in [7, 11) is 0. The summed E-state index contributed by atoms with van der Waals surface area (Å²) in [6, 6.07) is 12.6. The zero-order valence-corrected chi connectivity index (χ0v) is 13.8. The monoisotopic (exact) mass is 360 g/mol. The first-order valence-electron chi connectivity index (χ1n) is 7.66.